The summed E-state index contributed by atoms with van der Waals surface area (Å²) in [6, 6.07) is 19.6. The summed E-state index contributed by atoms with van der Waals surface area (Å²) in [5.74, 6) is 1.54. The molecule has 7 heteroatoms. The molecule has 186 valence electrons. The third-order valence-electron chi connectivity index (χ3n) is 6.01. The highest BCUT2D eigenvalue weighted by molar-refractivity contribution is 8.19. The van der Waals surface area contributed by atoms with Crippen LogP contribution < -0.4 is 19.1 Å². The molecular weight excluding hydrogens is 472 g/mol. The highest BCUT2D eigenvalue weighted by atomic mass is 32.2. The monoisotopic (exact) mass is 502 g/mol. The van der Waals surface area contributed by atoms with Crippen LogP contribution >= 0.6 is 11.8 Å². The molecule has 4 rings (SSSR count). The molecule has 1 saturated heterocycles. The number of aryl methyl sites for hydroxylation is 2. The van der Waals surface area contributed by atoms with Gasteiger partial charge in [0.1, 0.15) is 17.2 Å². The fourth-order valence-electron chi connectivity index (χ4n) is 3.88. The quantitative estimate of drug-likeness (QED) is 0.323. The van der Waals surface area contributed by atoms with Crippen molar-refractivity contribution in [2.75, 3.05) is 26.2 Å². The van der Waals surface area contributed by atoms with Gasteiger partial charge in [-0.2, -0.15) is 0 Å². The Balaban J connectivity index is 1.81. The Morgan fingerprint density at radius 1 is 0.833 bits per heavy atom. The topological polar surface area (TPSA) is 60.4 Å². The van der Waals surface area contributed by atoms with Crippen LogP contribution in [0.5, 0.6) is 17.2 Å². The van der Waals surface area contributed by atoms with E-state index in [0.717, 1.165) is 24.2 Å². The summed E-state index contributed by atoms with van der Waals surface area (Å²) in [7, 11) is 4.74. The van der Waals surface area contributed by atoms with Crippen molar-refractivity contribution in [3.8, 4) is 17.2 Å². The Morgan fingerprint density at radius 2 is 1.39 bits per heavy atom. The van der Waals surface area contributed by atoms with Crippen molar-refractivity contribution in [2.45, 2.75) is 26.7 Å². The van der Waals surface area contributed by atoms with E-state index in [2.05, 4.69) is 26.0 Å². The Kier molecular flexibility index (Phi) is 8.00. The minimum Gasteiger partial charge on any atom is -0.496 e. The summed E-state index contributed by atoms with van der Waals surface area (Å²) >= 11 is 1.32. The molecule has 3 aromatic carbocycles. The molecule has 0 atom stereocenters. The number of benzene rings is 3. The van der Waals surface area contributed by atoms with E-state index >= 15 is 0 Å². The van der Waals surface area contributed by atoms with Crippen molar-refractivity contribution in [1.82, 2.24) is 0 Å². The van der Waals surface area contributed by atoms with Gasteiger partial charge in [0.25, 0.3) is 5.91 Å². The van der Waals surface area contributed by atoms with Crippen LogP contribution in [0, 0.1) is 0 Å². The van der Waals surface area contributed by atoms with Gasteiger partial charge in [0.05, 0.1) is 43.2 Å². The van der Waals surface area contributed by atoms with Gasteiger partial charge >= 0.3 is 0 Å². The lowest BCUT2D eigenvalue weighted by Crippen LogP contribution is -2.28. The van der Waals surface area contributed by atoms with Crippen LogP contribution in [0.4, 0.5) is 11.4 Å². The number of amidine groups is 1. The molecule has 0 aliphatic carbocycles. The van der Waals surface area contributed by atoms with E-state index in [4.69, 9.17) is 19.2 Å². The zero-order chi connectivity index (χ0) is 25.7. The van der Waals surface area contributed by atoms with Gasteiger partial charge in [-0.05, 0) is 66.1 Å². The van der Waals surface area contributed by atoms with Crippen molar-refractivity contribution in [3.63, 3.8) is 0 Å². The number of hydrogen-bond donors (Lipinski definition) is 0. The molecule has 0 saturated carbocycles. The first kappa shape index (κ1) is 25.4. The lowest BCUT2D eigenvalue weighted by molar-refractivity contribution is -0.113. The lowest BCUT2D eigenvalue weighted by Gasteiger charge is -2.16. The second-order valence-electron chi connectivity index (χ2n) is 8.13. The molecule has 0 spiro atoms. The SMILES string of the molecule is CCc1ccc(N=C2S/C(=C/c3c(OC)cc(OC)cc3OC)C(=O)N2c2ccc(CC)cc2)cc1. The Bertz CT molecular complexity index is 1270. The number of aliphatic imine (C=N–C) groups is 1. The molecule has 0 unspecified atom stereocenters. The van der Waals surface area contributed by atoms with Crippen LogP contribution in [0.15, 0.2) is 70.6 Å². The highest BCUT2D eigenvalue weighted by Crippen LogP contribution is 2.41. The first-order valence-corrected chi connectivity index (χ1v) is 12.6. The fraction of sp³-hybridized carbons (Fsp3) is 0.241. The number of methoxy groups -OCH3 is 3. The summed E-state index contributed by atoms with van der Waals surface area (Å²) in [4.78, 5) is 20.8. The van der Waals surface area contributed by atoms with E-state index in [1.54, 1.807) is 44.4 Å². The molecule has 3 aromatic rings. The van der Waals surface area contributed by atoms with Gasteiger partial charge in [-0.15, -0.1) is 0 Å². The summed E-state index contributed by atoms with van der Waals surface area (Å²) in [6.45, 7) is 4.22. The van der Waals surface area contributed by atoms with Gasteiger partial charge in [-0.25, -0.2) is 4.99 Å². The minimum atomic E-state index is -0.159. The number of amides is 1. The second-order valence-corrected chi connectivity index (χ2v) is 9.14. The predicted molar refractivity (Wildman–Crippen MR) is 148 cm³/mol. The largest absolute Gasteiger partial charge is 0.496 e. The maximum absolute atomic E-state index is 13.7. The highest BCUT2D eigenvalue weighted by Gasteiger charge is 2.35. The van der Waals surface area contributed by atoms with Gasteiger partial charge in [0.15, 0.2) is 5.17 Å². The molecule has 1 fully saturated rings. The van der Waals surface area contributed by atoms with E-state index in [1.807, 2.05) is 36.4 Å². The van der Waals surface area contributed by atoms with Crippen LogP contribution in [-0.4, -0.2) is 32.4 Å². The van der Waals surface area contributed by atoms with Gasteiger partial charge < -0.3 is 14.2 Å². The first-order valence-electron chi connectivity index (χ1n) is 11.8. The molecule has 6 nitrogen and oxygen atoms in total. The molecule has 1 aliphatic heterocycles. The molecule has 1 aliphatic rings. The molecule has 0 aromatic heterocycles. The Labute approximate surface area is 216 Å². The summed E-state index contributed by atoms with van der Waals surface area (Å²) in [5, 5.41) is 0.589. The number of ether oxygens (including phenoxy) is 3. The minimum absolute atomic E-state index is 0.159. The van der Waals surface area contributed by atoms with Crippen molar-refractivity contribution >= 4 is 40.3 Å². The van der Waals surface area contributed by atoms with Crippen molar-refractivity contribution in [1.29, 1.82) is 0 Å². The molecular formula is C29H30N2O4S. The number of anilines is 1. The number of nitrogens with zero attached hydrogens (tertiary/aromatic N) is 2. The summed E-state index contributed by atoms with van der Waals surface area (Å²) < 4.78 is 16.5. The average molecular weight is 503 g/mol. The van der Waals surface area contributed by atoms with E-state index in [-0.39, 0.29) is 5.91 Å². The standard InChI is InChI=1S/C29H30N2O4S/c1-6-19-8-12-21(13-9-19)30-29-31(22-14-10-20(7-2)11-15-22)28(32)27(36-29)18-24-25(34-4)16-23(33-3)17-26(24)35-5/h8-18H,6-7H2,1-5H3/b27-18+,30-29?. The number of hydrogen-bond acceptors (Lipinski definition) is 6. The third-order valence-corrected chi connectivity index (χ3v) is 6.98. The van der Waals surface area contributed by atoms with E-state index in [0.29, 0.717) is 32.9 Å². The Hall–Kier alpha value is -3.71. The summed E-state index contributed by atoms with van der Waals surface area (Å²) in [5.41, 5.74) is 4.66. The van der Waals surface area contributed by atoms with Crippen LogP contribution in [0.2, 0.25) is 0 Å². The third kappa shape index (κ3) is 5.26. The average Bonchev–Trinajstić information content (AvgIpc) is 3.23. The number of rotatable bonds is 8. The maximum atomic E-state index is 13.7. The Morgan fingerprint density at radius 3 is 1.89 bits per heavy atom. The summed E-state index contributed by atoms with van der Waals surface area (Å²) in [6.07, 6.45) is 3.68. The first-order chi connectivity index (χ1) is 17.5. The zero-order valence-corrected chi connectivity index (χ0v) is 22.0. The van der Waals surface area contributed by atoms with Crippen molar-refractivity contribution < 1.29 is 19.0 Å². The van der Waals surface area contributed by atoms with Gasteiger partial charge in [0.2, 0.25) is 0 Å². The van der Waals surface area contributed by atoms with Crippen LogP contribution in [0.1, 0.15) is 30.5 Å². The smallest absolute Gasteiger partial charge is 0.271 e. The molecule has 1 amide bonds. The van der Waals surface area contributed by atoms with Crippen LogP contribution in [0.3, 0.4) is 0 Å². The van der Waals surface area contributed by atoms with Crippen molar-refractivity contribution in [2.24, 2.45) is 4.99 Å². The van der Waals surface area contributed by atoms with Gasteiger partial charge in [0, 0.05) is 12.1 Å². The van der Waals surface area contributed by atoms with Gasteiger partial charge in [-0.1, -0.05) is 38.1 Å². The zero-order valence-electron chi connectivity index (χ0n) is 21.2. The van der Waals surface area contributed by atoms with E-state index < -0.39 is 0 Å². The molecule has 36 heavy (non-hydrogen) atoms. The second kappa shape index (κ2) is 11.4. The molecule has 1 heterocycles. The number of carbonyl (C=O) groups excluding carboxylic acids is 1. The number of carbonyl (C=O) groups is 1. The van der Waals surface area contributed by atoms with Gasteiger partial charge in [-0.3, -0.25) is 9.69 Å². The maximum Gasteiger partial charge on any atom is 0.271 e. The van der Waals surface area contributed by atoms with E-state index in [9.17, 15) is 4.79 Å². The van der Waals surface area contributed by atoms with Crippen molar-refractivity contribution in [3.05, 3.63) is 82.3 Å². The normalized spacial score (nSPS) is 15.6. The van der Waals surface area contributed by atoms with Crippen LogP contribution in [-0.2, 0) is 17.6 Å². The lowest BCUT2D eigenvalue weighted by atomic mass is 10.1. The van der Waals surface area contributed by atoms with Crippen LogP contribution in [0.25, 0.3) is 6.08 Å². The van der Waals surface area contributed by atoms with E-state index in [1.165, 1.54) is 22.9 Å². The fourth-order valence-corrected chi connectivity index (χ4v) is 4.86. The molecule has 0 bridgehead atoms. The predicted octanol–water partition coefficient (Wildman–Crippen LogP) is 6.65. The molecule has 0 N–H and O–H groups in total. The number of thioether (sulfide) groups is 1. The molecule has 0 radical (unpaired) electrons.